The van der Waals surface area contributed by atoms with Crippen LogP contribution in [0.25, 0.3) is 21.7 Å². The van der Waals surface area contributed by atoms with E-state index in [1.165, 1.54) is 0 Å². The van der Waals surface area contributed by atoms with Crippen LogP contribution < -0.4 is 4.90 Å². The number of thiophene rings is 1. The molecule has 6 heteroatoms. The number of anilines is 1. The predicted molar refractivity (Wildman–Crippen MR) is 77.7 cm³/mol. The van der Waals surface area contributed by atoms with Crippen molar-refractivity contribution in [3.8, 4) is 11.5 Å². The Morgan fingerprint density at radius 3 is 3.05 bits per heavy atom. The Kier molecular flexibility index (Phi) is 2.71. The second kappa shape index (κ2) is 4.57. The zero-order valence-electron chi connectivity index (χ0n) is 10.7. The summed E-state index contributed by atoms with van der Waals surface area (Å²) in [6.45, 7) is 0.786. The van der Waals surface area contributed by atoms with Gasteiger partial charge in [0.25, 0.3) is 0 Å². The van der Waals surface area contributed by atoms with Gasteiger partial charge in [0.1, 0.15) is 11.9 Å². The molecule has 0 radical (unpaired) electrons. The summed E-state index contributed by atoms with van der Waals surface area (Å²) in [6.07, 6.45) is 2.88. The molecule has 0 aliphatic carbocycles. The summed E-state index contributed by atoms with van der Waals surface area (Å²) in [7, 11) is 0. The third-order valence-corrected chi connectivity index (χ3v) is 4.43. The van der Waals surface area contributed by atoms with Gasteiger partial charge < -0.3 is 14.4 Å². The van der Waals surface area contributed by atoms with Gasteiger partial charge in [0.05, 0.1) is 16.5 Å². The van der Waals surface area contributed by atoms with Gasteiger partial charge in [0, 0.05) is 6.54 Å². The first-order chi connectivity index (χ1) is 9.83. The Bertz CT molecular complexity index is 738. The SMILES string of the molecule is OC1CCCN1c1nc(-c2ccco2)c2sccc2n1. The number of aliphatic hydroxyl groups is 1. The maximum atomic E-state index is 10.0. The van der Waals surface area contributed by atoms with Crippen molar-refractivity contribution in [2.75, 3.05) is 11.4 Å². The van der Waals surface area contributed by atoms with Crippen LogP contribution in [0.15, 0.2) is 34.3 Å². The first-order valence-corrected chi connectivity index (χ1v) is 7.45. The molecule has 102 valence electrons. The molecule has 3 aromatic heterocycles. The van der Waals surface area contributed by atoms with Crippen LogP contribution in [-0.4, -0.2) is 27.8 Å². The van der Waals surface area contributed by atoms with E-state index >= 15 is 0 Å². The van der Waals surface area contributed by atoms with Crippen molar-refractivity contribution in [3.05, 3.63) is 29.8 Å². The van der Waals surface area contributed by atoms with E-state index in [4.69, 9.17) is 4.42 Å². The van der Waals surface area contributed by atoms with Crippen molar-refractivity contribution in [1.29, 1.82) is 0 Å². The normalized spacial score (nSPS) is 19.1. The highest BCUT2D eigenvalue weighted by Crippen LogP contribution is 2.33. The third-order valence-electron chi connectivity index (χ3n) is 3.52. The van der Waals surface area contributed by atoms with Gasteiger partial charge in [-0.05, 0) is 36.4 Å². The Morgan fingerprint density at radius 1 is 1.35 bits per heavy atom. The molecule has 1 aliphatic rings. The summed E-state index contributed by atoms with van der Waals surface area (Å²) in [6, 6.07) is 5.72. The Balaban J connectivity index is 1.91. The molecule has 1 saturated heterocycles. The molecule has 0 bridgehead atoms. The number of nitrogens with zero attached hydrogens (tertiary/aromatic N) is 3. The summed E-state index contributed by atoms with van der Waals surface area (Å²) in [5, 5.41) is 12.0. The molecular weight excluding hydrogens is 274 g/mol. The van der Waals surface area contributed by atoms with Crippen LogP contribution in [0.1, 0.15) is 12.8 Å². The first kappa shape index (κ1) is 11.9. The minimum absolute atomic E-state index is 0.490. The van der Waals surface area contributed by atoms with Crippen LogP contribution in [0, 0.1) is 0 Å². The maximum Gasteiger partial charge on any atom is 0.228 e. The zero-order chi connectivity index (χ0) is 13.5. The quantitative estimate of drug-likeness (QED) is 0.785. The van der Waals surface area contributed by atoms with Crippen molar-refractivity contribution in [2.24, 2.45) is 0 Å². The minimum atomic E-state index is -0.490. The van der Waals surface area contributed by atoms with Crippen molar-refractivity contribution < 1.29 is 9.52 Å². The average molecular weight is 287 g/mol. The molecule has 0 amide bonds. The lowest BCUT2D eigenvalue weighted by Gasteiger charge is -2.20. The highest BCUT2D eigenvalue weighted by molar-refractivity contribution is 7.17. The van der Waals surface area contributed by atoms with E-state index in [2.05, 4.69) is 9.97 Å². The van der Waals surface area contributed by atoms with Gasteiger partial charge in [0.2, 0.25) is 5.95 Å². The fraction of sp³-hybridized carbons (Fsp3) is 0.286. The number of fused-ring (bicyclic) bond motifs is 1. The molecule has 4 rings (SSSR count). The number of aliphatic hydroxyl groups excluding tert-OH is 1. The molecule has 0 spiro atoms. The van der Waals surface area contributed by atoms with Crippen LogP contribution in [0.5, 0.6) is 0 Å². The lowest BCUT2D eigenvalue weighted by Crippen LogP contribution is -2.30. The molecule has 1 N–H and O–H groups in total. The van der Waals surface area contributed by atoms with Gasteiger partial charge in [-0.2, -0.15) is 0 Å². The second-order valence-electron chi connectivity index (χ2n) is 4.80. The van der Waals surface area contributed by atoms with Crippen molar-refractivity contribution in [2.45, 2.75) is 19.1 Å². The predicted octanol–water partition coefficient (Wildman–Crippen LogP) is 2.87. The van der Waals surface area contributed by atoms with E-state index in [0.29, 0.717) is 5.95 Å². The van der Waals surface area contributed by atoms with E-state index in [-0.39, 0.29) is 0 Å². The summed E-state index contributed by atoms with van der Waals surface area (Å²) in [5.74, 6) is 1.31. The minimum Gasteiger partial charge on any atom is -0.463 e. The summed E-state index contributed by atoms with van der Waals surface area (Å²) in [5.41, 5.74) is 1.69. The summed E-state index contributed by atoms with van der Waals surface area (Å²) >= 11 is 1.60. The third kappa shape index (κ3) is 1.80. The fourth-order valence-corrected chi connectivity index (χ4v) is 3.37. The standard InChI is InChI=1S/C14H13N3O2S/c18-11-4-1-6-17(11)14-15-9-5-8-20-13(9)12(16-14)10-3-2-7-19-10/h2-3,5,7-8,11,18H,1,4,6H2. The second-order valence-corrected chi connectivity index (χ2v) is 5.72. The molecule has 1 aliphatic heterocycles. The molecule has 1 unspecified atom stereocenters. The topological polar surface area (TPSA) is 62.4 Å². The summed E-state index contributed by atoms with van der Waals surface area (Å²) < 4.78 is 6.49. The Morgan fingerprint density at radius 2 is 2.30 bits per heavy atom. The van der Waals surface area contributed by atoms with Crippen LogP contribution in [0.3, 0.4) is 0 Å². The van der Waals surface area contributed by atoms with E-state index in [9.17, 15) is 5.11 Å². The van der Waals surface area contributed by atoms with Gasteiger partial charge in [0.15, 0.2) is 5.76 Å². The largest absolute Gasteiger partial charge is 0.463 e. The molecule has 0 aromatic carbocycles. The van der Waals surface area contributed by atoms with E-state index in [1.54, 1.807) is 17.6 Å². The number of hydrogen-bond donors (Lipinski definition) is 1. The Labute approximate surface area is 119 Å². The number of hydrogen-bond acceptors (Lipinski definition) is 6. The first-order valence-electron chi connectivity index (χ1n) is 6.57. The van der Waals surface area contributed by atoms with E-state index in [0.717, 1.165) is 41.1 Å². The molecule has 0 saturated carbocycles. The Hall–Kier alpha value is -1.92. The van der Waals surface area contributed by atoms with Gasteiger partial charge in [-0.1, -0.05) is 0 Å². The van der Waals surface area contributed by atoms with Crippen molar-refractivity contribution in [3.63, 3.8) is 0 Å². The monoisotopic (exact) mass is 287 g/mol. The van der Waals surface area contributed by atoms with Crippen LogP contribution in [0.4, 0.5) is 5.95 Å². The fourth-order valence-electron chi connectivity index (χ4n) is 2.54. The van der Waals surface area contributed by atoms with E-state index < -0.39 is 6.23 Å². The maximum absolute atomic E-state index is 10.0. The molecule has 1 atom stereocenters. The molecule has 1 fully saturated rings. The lowest BCUT2D eigenvalue weighted by atomic mass is 10.3. The average Bonchev–Trinajstić information content (AvgIpc) is 3.18. The smallest absolute Gasteiger partial charge is 0.228 e. The van der Waals surface area contributed by atoms with Crippen LogP contribution >= 0.6 is 11.3 Å². The lowest BCUT2D eigenvalue weighted by molar-refractivity contribution is 0.184. The molecule has 5 nitrogen and oxygen atoms in total. The highest BCUT2D eigenvalue weighted by Gasteiger charge is 2.26. The number of furan rings is 1. The van der Waals surface area contributed by atoms with Crippen molar-refractivity contribution >= 4 is 27.5 Å². The number of rotatable bonds is 2. The highest BCUT2D eigenvalue weighted by atomic mass is 32.1. The van der Waals surface area contributed by atoms with Crippen molar-refractivity contribution in [1.82, 2.24) is 9.97 Å². The molecule has 4 heterocycles. The van der Waals surface area contributed by atoms with Gasteiger partial charge in [-0.15, -0.1) is 11.3 Å². The van der Waals surface area contributed by atoms with E-state index in [1.807, 2.05) is 28.5 Å². The zero-order valence-corrected chi connectivity index (χ0v) is 11.5. The molecular formula is C14H13N3O2S. The number of aromatic nitrogens is 2. The van der Waals surface area contributed by atoms with Gasteiger partial charge in [-0.25, -0.2) is 9.97 Å². The van der Waals surface area contributed by atoms with Gasteiger partial charge >= 0.3 is 0 Å². The van der Waals surface area contributed by atoms with Gasteiger partial charge in [-0.3, -0.25) is 0 Å². The molecule has 3 aromatic rings. The molecule has 20 heavy (non-hydrogen) atoms. The van der Waals surface area contributed by atoms with Crippen LogP contribution in [0.2, 0.25) is 0 Å². The van der Waals surface area contributed by atoms with Crippen LogP contribution in [-0.2, 0) is 0 Å². The summed E-state index contributed by atoms with van der Waals surface area (Å²) in [4.78, 5) is 11.0.